The van der Waals surface area contributed by atoms with Crippen LogP contribution in [-0.2, 0) is 9.53 Å². The largest absolute Gasteiger partial charge is 0.467 e. The quantitative estimate of drug-likeness (QED) is 0.443. The van der Waals surface area contributed by atoms with Gasteiger partial charge in [0.25, 0.3) is 0 Å². The number of halogens is 1. The summed E-state index contributed by atoms with van der Waals surface area (Å²) in [6.07, 6.45) is 10.5. The molecule has 1 aromatic carbocycles. The summed E-state index contributed by atoms with van der Waals surface area (Å²) in [5.41, 5.74) is 0.383. The van der Waals surface area contributed by atoms with Crippen LogP contribution in [0.3, 0.4) is 0 Å². The number of esters is 1. The zero-order valence-corrected chi connectivity index (χ0v) is 21.6. The highest BCUT2D eigenvalue weighted by Crippen LogP contribution is 2.43. The standard InChI is InChI=1S/C26H40FN3O2S/c1-6-15-30-18-28-26(17-33-5,25(31)32-4)23(30)16-19-7-9-20(10-8-19)24(29(2)3)21-11-13-22(27)14-12-21/h11-14,18-20,23-24H,6-10,15-17H2,1-5H3. The first-order valence-electron chi connectivity index (χ1n) is 12.2. The molecule has 3 atom stereocenters. The molecule has 7 heteroatoms. The Kier molecular flexibility index (Phi) is 9.22. The lowest BCUT2D eigenvalue weighted by Gasteiger charge is -2.41. The molecule has 1 saturated carbocycles. The minimum atomic E-state index is -0.805. The summed E-state index contributed by atoms with van der Waals surface area (Å²) in [4.78, 5) is 22.2. The molecule has 0 N–H and O–H groups in total. The molecule has 0 bridgehead atoms. The van der Waals surface area contributed by atoms with E-state index in [9.17, 15) is 9.18 Å². The van der Waals surface area contributed by atoms with Gasteiger partial charge in [-0.2, -0.15) is 11.8 Å². The van der Waals surface area contributed by atoms with Gasteiger partial charge < -0.3 is 14.5 Å². The molecule has 0 aromatic heterocycles. The monoisotopic (exact) mass is 477 g/mol. The molecule has 3 unspecified atom stereocenters. The molecule has 1 aliphatic heterocycles. The summed E-state index contributed by atoms with van der Waals surface area (Å²) in [5.74, 6) is 1.35. The normalized spacial score (nSPS) is 28.3. The van der Waals surface area contributed by atoms with Gasteiger partial charge in [-0.1, -0.05) is 31.9 Å². The van der Waals surface area contributed by atoms with Crippen LogP contribution in [0, 0.1) is 17.7 Å². The van der Waals surface area contributed by atoms with Gasteiger partial charge in [0.1, 0.15) is 5.82 Å². The van der Waals surface area contributed by atoms with E-state index >= 15 is 0 Å². The smallest absolute Gasteiger partial charge is 0.336 e. The predicted octanol–water partition coefficient (Wildman–Crippen LogP) is 5.02. The van der Waals surface area contributed by atoms with Gasteiger partial charge in [-0.3, -0.25) is 4.99 Å². The highest BCUT2D eigenvalue weighted by Gasteiger charge is 2.52. The van der Waals surface area contributed by atoms with Gasteiger partial charge in [-0.25, -0.2) is 9.18 Å². The third-order valence-electron chi connectivity index (χ3n) is 7.44. The van der Waals surface area contributed by atoms with Gasteiger partial charge in [0.15, 0.2) is 5.54 Å². The number of rotatable bonds is 10. The summed E-state index contributed by atoms with van der Waals surface area (Å²) in [6.45, 7) is 3.07. The van der Waals surface area contributed by atoms with Crippen molar-refractivity contribution in [3.63, 3.8) is 0 Å². The first-order chi connectivity index (χ1) is 15.9. The lowest BCUT2D eigenvalue weighted by atomic mass is 9.73. The Balaban J connectivity index is 1.71. The van der Waals surface area contributed by atoms with Crippen LogP contribution in [0.1, 0.15) is 57.1 Å². The number of hydrogen-bond acceptors (Lipinski definition) is 6. The van der Waals surface area contributed by atoms with Crippen LogP contribution in [0.4, 0.5) is 4.39 Å². The topological polar surface area (TPSA) is 45.1 Å². The minimum Gasteiger partial charge on any atom is -0.467 e. The summed E-state index contributed by atoms with van der Waals surface area (Å²) >= 11 is 1.66. The second-order valence-corrected chi connectivity index (χ2v) is 10.7. The van der Waals surface area contributed by atoms with E-state index in [2.05, 4.69) is 30.8 Å². The van der Waals surface area contributed by atoms with Crippen LogP contribution in [0.15, 0.2) is 29.3 Å². The van der Waals surface area contributed by atoms with Crippen molar-refractivity contribution in [3.05, 3.63) is 35.6 Å². The maximum atomic E-state index is 13.5. The van der Waals surface area contributed by atoms with Crippen molar-refractivity contribution in [2.24, 2.45) is 16.8 Å². The molecule has 1 heterocycles. The number of carbonyl (C=O) groups excluding carboxylic acids is 1. The van der Waals surface area contributed by atoms with Crippen LogP contribution in [-0.4, -0.2) is 73.4 Å². The Morgan fingerprint density at radius 2 is 1.94 bits per heavy atom. The van der Waals surface area contributed by atoms with Gasteiger partial charge in [-0.05, 0) is 75.6 Å². The molecule has 3 rings (SSSR count). The van der Waals surface area contributed by atoms with Crippen LogP contribution < -0.4 is 0 Å². The van der Waals surface area contributed by atoms with Crippen molar-refractivity contribution in [2.45, 2.75) is 63.1 Å². The summed E-state index contributed by atoms with van der Waals surface area (Å²) in [7, 11) is 5.71. The fraction of sp³-hybridized carbons (Fsp3) is 0.692. The van der Waals surface area contributed by atoms with E-state index in [1.165, 1.54) is 12.7 Å². The molecular formula is C26H40FN3O2S. The Bertz CT molecular complexity index is 795. The Morgan fingerprint density at radius 3 is 2.48 bits per heavy atom. The molecule has 1 aromatic rings. The Labute approximate surface area is 203 Å². The first-order valence-corrected chi connectivity index (χ1v) is 13.6. The summed E-state index contributed by atoms with van der Waals surface area (Å²) < 4.78 is 18.7. The molecule has 0 radical (unpaired) electrons. The number of nitrogens with zero attached hydrogens (tertiary/aromatic N) is 3. The molecule has 184 valence electrons. The van der Waals surface area contributed by atoms with E-state index in [1.807, 2.05) is 24.7 Å². The van der Waals surface area contributed by atoms with E-state index in [1.54, 1.807) is 23.9 Å². The Morgan fingerprint density at radius 1 is 1.27 bits per heavy atom. The molecular weight excluding hydrogens is 437 g/mol. The highest BCUT2D eigenvalue weighted by molar-refractivity contribution is 7.98. The number of hydrogen-bond donors (Lipinski definition) is 0. The fourth-order valence-corrected chi connectivity index (χ4v) is 6.73. The number of methoxy groups -OCH3 is 1. The second-order valence-electron chi connectivity index (χ2n) is 9.82. The van der Waals surface area contributed by atoms with Crippen molar-refractivity contribution in [1.29, 1.82) is 0 Å². The van der Waals surface area contributed by atoms with Crippen molar-refractivity contribution >= 4 is 24.1 Å². The number of carbonyl (C=O) groups is 1. The molecule has 0 saturated heterocycles. The van der Waals surface area contributed by atoms with Gasteiger partial charge >= 0.3 is 5.97 Å². The lowest BCUT2D eigenvalue weighted by molar-refractivity contribution is -0.147. The van der Waals surface area contributed by atoms with Crippen LogP contribution >= 0.6 is 11.8 Å². The van der Waals surface area contributed by atoms with Crippen molar-refractivity contribution in [3.8, 4) is 0 Å². The number of aliphatic imine (C=N–C) groups is 1. The minimum absolute atomic E-state index is 0.0562. The van der Waals surface area contributed by atoms with Crippen molar-refractivity contribution in [2.75, 3.05) is 39.8 Å². The van der Waals surface area contributed by atoms with E-state index in [4.69, 9.17) is 9.73 Å². The molecule has 0 amide bonds. The van der Waals surface area contributed by atoms with E-state index in [0.29, 0.717) is 23.6 Å². The van der Waals surface area contributed by atoms with Crippen LogP contribution in [0.25, 0.3) is 0 Å². The first kappa shape index (κ1) is 26.0. The highest BCUT2D eigenvalue weighted by atomic mass is 32.2. The predicted molar refractivity (Wildman–Crippen MR) is 135 cm³/mol. The maximum Gasteiger partial charge on any atom is 0.336 e. The summed E-state index contributed by atoms with van der Waals surface area (Å²) in [5, 5.41) is 0. The van der Waals surface area contributed by atoms with Crippen LogP contribution in [0.2, 0.25) is 0 Å². The van der Waals surface area contributed by atoms with Crippen LogP contribution in [0.5, 0.6) is 0 Å². The molecule has 5 nitrogen and oxygen atoms in total. The van der Waals surface area contributed by atoms with Gasteiger partial charge in [0, 0.05) is 18.3 Å². The average molecular weight is 478 g/mol. The van der Waals surface area contributed by atoms with E-state index in [-0.39, 0.29) is 17.8 Å². The second kappa shape index (κ2) is 11.7. The van der Waals surface area contributed by atoms with Crippen molar-refractivity contribution in [1.82, 2.24) is 9.80 Å². The Hall–Kier alpha value is -1.60. The molecule has 33 heavy (non-hydrogen) atoms. The zero-order chi connectivity index (χ0) is 24.0. The van der Waals surface area contributed by atoms with Crippen molar-refractivity contribution < 1.29 is 13.9 Å². The van der Waals surface area contributed by atoms with E-state index in [0.717, 1.165) is 45.1 Å². The number of thioether (sulfide) groups is 1. The molecule has 0 spiro atoms. The molecule has 1 fully saturated rings. The van der Waals surface area contributed by atoms with Gasteiger partial charge in [-0.15, -0.1) is 0 Å². The fourth-order valence-electron chi connectivity index (χ4n) is 5.91. The lowest BCUT2D eigenvalue weighted by Crippen LogP contribution is -2.54. The molecule has 1 aliphatic carbocycles. The third kappa shape index (κ3) is 5.73. The SMILES string of the molecule is CCCN1C=NC(CSC)(C(=O)OC)C1CC1CCC(C(c2ccc(F)cc2)N(C)C)CC1. The molecule has 2 aliphatic rings. The number of ether oxygens (including phenoxy) is 1. The zero-order valence-electron chi connectivity index (χ0n) is 20.8. The maximum absolute atomic E-state index is 13.5. The number of benzene rings is 1. The summed E-state index contributed by atoms with van der Waals surface area (Å²) in [6, 6.07) is 7.34. The average Bonchev–Trinajstić information content (AvgIpc) is 3.14. The third-order valence-corrected chi connectivity index (χ3v) is 8.16. The van der Waals surface area contributed by atoms with Gasteiger partial charge in [0.05, 0.1) is 19.5 Å². The van der Waals surface area contributed by atoms with Gasteiger partial charge in [0.2, 0.25) is 0 Å². The van der Waals surface area contributed by atoms with E-state index < -0.39 is 5.54 Å².